The molecule has 0 spiro atoms. The molecule has 0 saturated heterocycles. The highest BCUT2D eigenvalue weighted by atomic mass is 35.5. The van der Waals surface area contributed by atoms with Crippen LogP contribution in [-0.2, 0) is 4.79 Å². The molecule has 130 valence electrons. The van der Waals surface area contributed by atoms with Crippen LogP contribution in [0.5, 0.6) is 5.75 Å². The average Bonchev–Trinajstić information content (AvgIpc) is 2.53. The SMILES string of the molecule is Cc1ccc(C(N)C(=O)NCCOc2c(C)cccc2C)cc1.Cl. The zero-order valence-electron chi connectivity index (χ0n) is 14.3. The predicted molar refractivity (Wildman–Crippen MR) is 99.8 cm³/mol. The summed E-state index contributed by atoms with van der Waals surface area (Å²) in [6.45, 7) is 6.85. The third-order valence-corrected chi connectivity index (χ3v) is 3.78. The first-order valence-corrected chi connectivity index (χ1v) is 7.78. The Hall–Kier alpha value is -2.04. The Morgan fingerprint density at radius 3 is 2.25 bits per heavy atom. The summed E-state index contributed by atoms with van der Waals surface area (Å²) in [5.74, 6) is 0.684. The summed E-state index contributed by atoms with van der Waals surface area (Å²) in [5.41, 5.74) is 10.1. The highest BCUT2D eigenvalue weighted by Crippen LogP contribution is 2.21. The number of aryl methyl sites for hydroxylation is 3. The highest BCUT2D eigenvalue weighted by Gasteiger charge is 2.15. The average molecular weight is 349 g/mol. The van der Waals surface area contributed by atoms with E-state index in [1.54, 1.807) is 0 Å². The van der Waals surface area contributed by atoms with E-state index in [4.69, 9.17) is 10.5 Å². The van der Waals surface area contributed by atoms with Gasteiger partial charge in [0.05, 0.1) is 6.54 Å². The number of carbonyl (C=O) groups excluding carboxylic acids is 1. The molecule has 0 radical (unpaired) electrons. The van der Waals surface area contributed by atoms with Crippen LogP contribution in [0.15, 0.2) is 42.5 Å². The summed E-state index contributed by atoms with van der Waals surface area (Å²) in [5, 5.41) is 2.82. The van der Waals surface area contributed by atoms with E-state index >= 15 is 0 Å². The zero-order valence-corrected chi connectivity index (χ0v) is 15.2. The molecule has 5 heteroatoms. The Morgan fingerprint density at radius 1 is 1.08 bits per heavy atom. The van der Waals surface area contributed by atoms with Gasteiger partial charge in [0.25, 0.3) is 0 Å². The monoisotopic (exact) mass is 348 g/mol. The van der Waals surface area contributed by atoms with Crippen molar-refractivity contribution < 1.29 is 9.53 Å². The first kappa shape index (κ1) is 20.0. The molecule has 0 aliphatic rings. The van der Waals surface area contributed by atoms with Crippen molar-refractivity contribution in [2.45, 2.75) is 26.8 Å². The van der Waals surface area contributed by atoms with Gasteiger partial charge in [0.2, 0.25) is 5.91 Å². The van der Waals surface area contributed by atoms with Gasteiger partial charge in [-0.2, -0.15) is 0 Å². The largest absolute Gasteiger partial charge is 0.491 e. The van der Waals surface area contributed by atoms with Crippen LogP contribution in [0.25, 0.3) is 0 Å². The van der Waals surface area contributed by atoms with E-state index in [9.17, 15) is 4.79 Å². The number of amides is 1. The number of halogens is 1. The molecule has 0 fully saturated rings. The van der Waals surface area contributed by atoms with Crippen LogP contribution in [0.2, 0.25) is 0 Å². The van der Waals surface area contributed by atoms with Crippen molar-refractivity contribution in [1.82, 2.24) is 5.32 Å². The molecule has 0 aliphatic heterocycles. The molecule has 0 saturated carbocycles. The molecule has 0 aliphatic carbocycles. The van der Waals surface area contributed by atoms with Gasteiger partial charge in [-0.3, -0.25) is 4.79 Å². The van der Waals surface area contributed by atoms with Crippen molar-refractivity contribution >= 4 is 18.3 Å². The number of para-hydroxylation sites is 1. The van der Waals surface area contributed by atoms with Crippen LogP contribution in [0, 0.1) is 20.8 Å². The summed E-state index contributed by atoms with van der Waals surface area (Å²) in [6.07, 6.45) is 0. The third kappa shape index (κ3) is 5.25. The lowest BCUT2D eigenvalue weighted by atomic mass is 10.1. The number of nitrogens with two attached hydrogens (primary N) is 1. The van der Waals surface area contributed by atoms with Crippen molar-refractivity contribution in [2.75, 3.05) is 13.2 Å². The first-order chi connectivity index (χ1) is 11.0. The highest BCUT2D eigenvalue weighted by molar-refractivity contribution is 5.85. The molecule has 24 heavy (non-hydrogen) atoms. The van der Waals surface area contributed by atoms with Gasteiger partial charge in [0.1, 0.15) is 18.4 Å². The Labute approximate surface area is 149 Å². The van der Waals surface area contributed by atoms with Crippen molar-refractivity contribution in [1.29, 1.82) is 0 Å². The van der Waals surface area contributed by atoms with Crippen LogP contribution in [0.4, 0.5) is 0 Å². The standard InChI is InChI=1S/C19H24N2O2.ClH/c1-13-7-9-16(10-8-13)17(20)19(22)21-11-12-23-18-14(2)5-4-6-15(18)3;/h4-10,17H,11-12,20H2,1-3H3,(H,21,22);1H. The molecular weight excluding hydrogens is 324 g/mol. The smallest absolute Gasteiger partial charge is 0.241 e. The van der Waals surface area contributed by atoms with Gasteiger partial charge in [-0.1, -0.05) is 48.0 Å². The lowest BCUT2D eigenvalue weighted by molar-refractivity contribution is -0.122. The second-order valence-corrected chi connectivity index (χ2v) is 5.75. The maximum atomic E-state index is 12.1. The topological polar surface area (TPSA) is 64.4 Å². The molecule has 0 heterocycles. The minimum Gasteiger partial charge on any atom is -0.491 e. The van der Waals surface area contributed by atoms with Gasteiger partial charge in [0.15, 0.2) is 0 Å². The van der Waals surface area contributed by atoms with Gasteiger partial charge in [-0.15, -0.1) is 12.4 Å². The fourth-order valence-electron chi connectivity index (χ4n) is 2.39. The summed E-state index contributed by atoms with van der Waals surface area (Å²) < 4.78 is 5.76. The predicted octanol–water partition coefficient (Wildman–Crippen LogP) is 3.23. The van der Waals surface area contributed by atoms with E-state index in [0.29, 0.717) is 13.2 Å². The maximum absolute atomic E-state index is 12.1. The molecule has 2 aromatic rings. The minimum absolute atomic E-state index is 0. The fraction of sp³-hybridized carbons (Fsp3) is 0.316. The molecular formula is C19H25ClN2O2. The van der Waals surface area contributed by atoms with Crippen LogP contribution in [-0.4, -0.2) is 19.1 Å². The van der Waals surface area contributed by atoms with E-state index in [2.05, 4.69) is 5.32 Å². The van der Waals surface area contributed by atoms with Crippen LogP contribution < -0.4 is 15.8 Å². The Balaban J connectivity index is 0.00000288. The Bertz CT molecular complexity index is 651. The quantitative estimate of drug-likeness (QED) is 0.788. The van der Waals surface area contributed by atoms with Gasteiger partial charge >= 0.3 is 0 Å². The Kier molecular flexibility index (Phi) is 7.75. The van der Waals surface area contributed by atoms with Gasteiger partial charge in [-0.25, -0.2) is 0 Å². The normalized spacial score (nSPS) is 11.3. The van der Waals surface area contributed by atoms with Crippen molar-refractivity contribution in [3.8, 4) is 5.75 Å². The molecule has 2 aromatic carbocycles. The number of carbonyl (C=O) groups is 1. The van der Waals surface area contributed by atoms with Crippen LogP contribution >= 0.6 is 12.4 Å². The molecule has 1 amide bonds. The lowest BCUT2D eigenvalue weighted by Crippen LogP contribution is -2.36. The van der Waals surface area contributed by atoms with Crippen LogP contribution in [0.3, 0.4) is 0 Å². The summed E-state index contributed by atoms with van der Waals surface area (Å²) in [7, 11) is 0. The van der Waals surface area contributed by atoms with E-state index < -0.39 is 6.04 Å². The number of benzene rings is 2. The molecule has 1 atom stereocenters. The number of hydrogen-bond donors (Lipinski definition) is 2. The van der Waals surface area contributed by atoms with Crippen LogP contribution in [0.1, 0.15) is 28.3 Å². The molecule has 2 rings (SSSR count). The van der Waals surface area contributed by atoms with E-state index in [-0.39, 0.29) is 18.3 Å². The second kappa shape index (κ2) is 9.30. The van der Waals surface area contributed by atoms with E-state index in [1.807, 2.05) is 63.2 Å². The molecule has 0 bridgehead atoms. The van der Waals surface area contributed by atoms with Crippen molar-refractivity contribution in [3.63, 3.8) is 0 Å². The number of rotatable bonds is 6. The van der Waals surface area contributed by atoms with Gasteiger partial charge < -0.3 is 15.8 Å². The summed E-state index contributed by atoms with van der Waals surface area (Å²) in [4.78, 5) is 12.1. The number of nitrogens with one attached hydrogen (secondary N) is 1. The zero-order chi connectivity index (χ0) is 16.8. The van der Waals surface area contributed by atoms with Gasteiger partial charge in [0, 0.05) is 0 Å². The fourth-order valence-corrected chi connectivity index (χ4v) is 2.39. The van der Waals surface area contributed by atoms with Gasteiger partial charge in [-0.05, 0) is 37.5 Å². The molecule has 3 N–H and O–H groups in total. The van der Waals surface area contributed by atoms with Crippen molar-refractivity contribution in [2.24, 2.45) is 5.73 Å². The number of hydrogen-bond acceptors (Lipinski definition) is 3. The Morgan fingerprint density at radius 2 is 1.67 bits per heavy atom. The van der Waals surface area contributed by atoms with E-state index in [0.717, 1.165) is 28.0 Å². The maximum Gasteiger partial charge on any atom is 0.241 e. The van der Waals surface area contributed by atoms with E-state index in [1.165, 1.54) is 0 Å². The molecule has 4 nitrogen and oxygen atoms in total. The molecule has 0 aromatic heterocycles. The summed E-state index contributed by atoms with van der Waals surface area (Å²) >= 11 is 0. The lowest BCUT2D eigenvalue weighted by Gasteiger charge is -2.15. The number of ether oxygens (including phenoxy) is 1. The minimum atomic E-state index is -0.657. The summed E-state index contributed by atoms with van der Waals surface area (Å²) in [6, 6.07) is 13.0. The second-order valence-electron chi connectivity index (χ2n) is 5.75. The van der Waals surface area contributed by atoms with Crippen molar-refractivity contribution in [3.05, 3.63) is 64.7 Å². The first-order valence-electron chi connectivity index (χ1n) is 7.78. The third-order valence-electron chi connectivity index (χ3n) is 3.78. The molecule has 1 unspecified atom stereocenters.